The minimum Gasteiger partial charge on any atom is -0.870 e. The van der Waals surface area contributed by atoms with Gasteiger partial charge in [0.15, 0.2) is 0 Å². The molecule has 0 saturated heterocycles. The molecule has 8 heavy (non-hydrogen) atoms. The van der Waals surface area contributed by atoms with Gasteiger partial charge in [0.1, 0.15) is 0 Å². The molecule has 0 aliphatic rings. The van der Waals surface area contributed by atoms with Crippen LogP contribution >= 0.6 is 0 Å². The van der Waals surface area contributed by atoms with E-state index in [9.17, 15) is 0 Å². The number of carboxylic acid groups (broad SMARTS) is 2. The molecular weight excluding hydrogens is 210 g/mol. The summed E-state index contributed by atoms with van der Waals surface area (Å²) in [4.78, 5) is 8.33. The molecule has 1 radical (unpaired) electrons. The Hall–Kier alpha value is 0.190. The van der Waals surface area contributed by atoms with Crippen molar-refractivity contribution < 1.29 is 59.2 Å². The first kappa shape index (κ1) is 41.6. The Morgan fingerprint density at radius 3 is 1.25 bits per heavy atom. The van der Waals surface area contributed by atoms with Crippen molar-refractivity contribution in [2.45, 2.75) is 0 Å². The van der Waals surface area contributed by atoms with Gasteiger partial charge >= 0.3 is 33.3 Å². The molecule has 0 amide bonds. The Morgan fingerprint density at radius 2 is 1.25 bits per heavy atom. The average Bonchev–Trinajstić information content (AvgIpc) is 0.811. The van der Waals surface area contributed by atoms with Crippen LogP contribution in [0.15, 0.2) is 0 Å². The van der Waals surface area contributed by atoms with Crippen molar-refractivity contribution in [3.63, 3.8) is 0 Å². The van der Waals surface area contributed by atoms with E-state index in [2.05, 4.69) is 0 Å². The fourth-order valence-corrected chi connectivity index (χ4v) is 0. The van der Waals surface area contributed by atoms with Crippen LogP contribution in [0.5, 0.6) is 0 Å². The topological polar surface area (TPSA) is 125 Å². The third-order valence-electron chi connectivity index (χ3n) is 0. The summed E-state index contributed by atoms with van der Waals surface area (Å²) in [6, 6.07) is 0. The third-order valence-corrected chi connectivity index (χ3v) is 0. The molecule has 0 heterocycles. The zero-order chi connectivity index (χ0) is 3.58. The molecule has 0 rings (SSSR count). The standard InChI is InChI=1S/CH2O3.Co.Ni.2H2O/c2-1(3)4;;;;/h(H2,2,3,4);;;2*1H2/q;2*+2;;/p-3. The SMILES string of the molecule is O.O=C([O-])[O-].[Co+2].[Ni+2].[OH-]. The molecule has 55 valence electrons. The quantitative estimate of drug-likeness (QED) is 0.387. The summed E-state index contributed by atoms with van der Waals surface area (Å²) in [7, 11) is 0. The molecule has 5 nitrogen and oxygen atoms in total. The van der Waals surface area contributed by atoms with Crippen molar-refractivity contribution in [3.8, 4) is 0 Å². The predicted octanol–water partition coefficient (Wildman–Crippen LogP) is -3.45. The van der Waals surface area contributed by atoms with Crippen molar-refractivity contribution in [1.29, 1.82) is 0 Å². The van der Waals surface area contributed by atoms with Crippen molar-refractivity contribution in [1.82, 2.24) is 0 Å². The molecule has 0 saturated carbocycles. The molecule has 0 aliphatic heterocycles. The maximum absolute atomic E-state index is 8.33. The van der Waals surface area contributed by atoms with Crippen LogP contribution in [0.2, 0.25) is 0 Å². The van der Waals surface area contributed by atoms with Crippen molar-refractivity contribution in [2.24, 2.45) is 0 Å². The van der Waals surface area contributed by atoms with Gasteiger partial charge in [-0.3, -0.25) is 0 Å². The van der Waals surface area contributed by atoms with Gasteiger partial charge in [0, 0.05) is 0 Å². The Balaban J connectivity index is -0.00000000750. The molecule has 0 spiro atoms. The van der Waals surface area contributed by atoms with Crippen molar-refractivity contribution in [2.75, 3.05) is 0 Å². The monoisotopic (exact) mass is 212 g/mol. The van der Waals surface area contributed by atoms with Gasteiger partial charge in [0.25, 0.3) is 0 Å². The second kappa shape index (κ2) is 27.1. The normalized spacial score (nSPS) is 3.00. The first-order valence-electron chi connectivity index (χ1n) is 0.612. The van der Waals surface area contributed by atoms with Crippen LogP contribution in [0.4, 0.5) is 4.79 Å². The van der Waals surface area contributed by atoms with E-state index in [1.807, 2.05) is 0 Å². The van der Waals surface area contributed by atoms with Crippen LogP contribution in [0.3, 0.4) is 0 Å². The predicted molar refractivity (Wildman–Crippen MR) is 10.9 cm³/mol. The maximum atomic E-state index is 8.33. The van der Waals surface area contributed by atoms with Crippen LogP contribution in [-0.2, 0) is 33.3 Å². The maximum Gasteiger partial charge on any atom is 2.00 e. The molecule has 7 heteroatoms. The molecule has 0 atom stereocenters. The largest absolute Gasteiger partial charge is 2.00 e. The number of rotatable bonds is 0. The van der Waals surface area contributed by atoms with Gasteiger partial charge in [0.2, 0.25) is 0 Å². The molecule has 0 aromatic carbocycles. The number of carbonyl (C=O) groups excluding carboxylic acids is 1. The minimum atomic E-state index is -2.33. The number of carbonyl (C=O) groups is 1. The van der Waals surface area contributed by atoms with E-state index < -0.39 is 6.16 Å². The Kier molecular flexibility index (Phi) is 141. The molecule has 0 unspecified atom stereocenters. The van der Waals surface area contributed by atoms with Gasteiger partial charge in [0.05, 0.1) is 0 Å². The summed E-state index contributed by atoms with van der Waals surface area (Å²) < 4.78 is 0. The molecule has 0 aromatic heterocycles. The van der Waals surface area contributed by atoms with E-state index in [0.717, 1.165) is 0 Å². The molecule has 0 aliphatic carbocycles. The molecule has 3 N–H and O–H groups in total. The smallest absolute Gasteiger partial charge is 0.870 e. The van der Waals surface area contributed by atoms with Crippen LogP contribution < -0.4 is 10.2 Å². The average molecular weight is 213 g/mol. The van der Waals surface area contributed by atoms with Crippen LogP contribution in [0.1, 0.15) is 0 Å². The first-order chi connectivity index (χ1) is 1.73. The van der Waals surface area contributed by atoms with E-state index >= 15 is 0 Å². The summed E-state index contributed by atoms with van der Waals surface area (Å²) in [5.41, 5.74) is 0. The zero-order valence-electron chi connectivity index (χ0n) is 3.32. The molecule has 0 aromatic rings. The summed E-state index contributed by atoms with van der Waals surface area (Å²) in [6.07, 6.45) is -2.33. The first-order valence-corrected chi connectivity index (χ1v) is 0.612. The van der Waals surface area contributed by atoms with Crippen molar-refractivity contribution >= 4 is 6.16 Å². The third kappa shape index (κ3) is 4620. The summed E-state index contributed by atoms with van der Waals surface area (Å²) in [6.45, 7) is 0. The van der Waals surface area contributed by atoms with Gasteiger partial charge < -0.3 is 26.0 Å². The molecular formula is CH3CoNiO5+. The van der Waals surface area contributed by atoms with Crippen LogP contribution in [0.25, 0.3) is 0 Å². The molecule has 0 bridgehead atoms. The van der Waals surface area contributed by atoms with Crippen LogP contribution in [0, 0.1) is 0 Å². The minimum absolute atomic E-state index is 0. The van der Waals surface area contributed by atoms with E-state index in [1.54, 1.807) is 0 Å². The van der Waals surface area contributed by atoms with Gasteiger partial charge in [-0.05, 0) is 6.16 Å². The van der Waals surface area contributed by atoms with E-state index in [1.165, 1.54) is 0 Å². The number of hydrogen-bond donors (Lipinski definition) is 0. The Morgan fingerprint density at radius 1 is 1.25 bits per heavy atom. The zero-order valence-corrected chi connectivity index (χ0v) is 5.35. The second-order valence-electron chi connectivity index (χ2n) is 0.250. The fourth-order valence-electron chi connectivity index (χ4n) is 0. The van der Waals surface area contributed by atoms with Gasteiger partial charge in [-0.25, -0.2) is 0 Å². The van der Waals surface area contributed by atoms with Gasteiger partial charge in [-0.2, -0.15) is 0 Å². The summed E-state index contributed by atoms with van der Waals surface area (Å²) in [5, 5.41) is 16.7. The van der Waals surface area contributed by atoms with Crippen molar-refractivity contribution in [3.05, 3.63) is 0 Å². The molecule has 0 fully saturated rings. The van der Waals surface area contributed by atoms with E-state index in [0.29, 0.717) is 0 Å². The van der Waals surface area contributed by atoms with E-state index in [4.69, 9.17) is 15.0 Å². The second-order valence-corrected chi connectivity index (χ2v) is 0.250. The number of hydrogen-bond acceptors (Lipinski definition) is 4. The summed E-state index contributed by atoms with van der Waals surface area (Å²) in [5.74, 6) is 0. The van der Waals surface area contributed by atoms with Gasteiger partial charge in [-0.15, -0.1) is 0 Å². The Bertz CT molecular complexity index is 35.4. The Labute approximate surface area is 65.8 Å². The summed E-state index contributed by atoms with van der Waals surface area (Å²) >= 11 is 0. The van der Waals surface area contributed by atoms with E-state index in [-0.39, 0.29) is 44.2 Å². The van der Waals surface area contributed by atoms with Crippen LogP contribution in [-0.4, -0.2) is 17.1 Å². The fraction of sp³-hybridized carbons (Fsp3) is 0. The van der Waals surface area contributed by atoms with Gasteiger partial charge in [-0.1, -0.05) is 0 Å².